The number of amides is 3. The van der Waals surface area contributed by atoms with Crippen LogP contribution in [0.2, 0.25) is 0 Å². The van der Waals surface area contributed by atoms with Crippen LogP contribution in [0, 0.1) is 0 Å². The molecule has 1 aromatic rings. The molecule has 0 saturated heterocycles. The molecule has 0 saturated carbocycles. The monoisotopic (exact) mass is 492 g/mol. The number of ether oxygens (including phenoxy) is 3. The Morgan fingerprint density at radius 2 is 1.26 bits per heavy atom. The van der Waals surface area contributed by atoms with Gasteiger partial charge in [-0.3, -0.25) is 0 Å². The molecule has 0 radical (unpaired) electrons. The number of alkyl carbamates (subject to hydrolysis) is 1. The van der Waals surface area contributed by atoms with Crippen molar-refractivity contribution in [3.8, 4) is 0 Å². The van der Waals surface area contributed by atoms with E-state index in [-0.39, 0.29) is 6.54 Å². The average molecular weight is 493 g/mol. The molecule has 8 heteroatoms. The Hall–Kier alpha value is -2.77. The molecule has 0 aliphatic carbocycles. The number of rotatable bonds is 8. The minimum atomic E-state index is -0.814. The molecule has 1 N–H and O–H groups in total. The number of hydrogen-bond acceptors (Lipinski definition) is 6. The van der Waals surface area contributed by atoms with Crippen LogP contribution in [0.3, 0.4) is 0 Å². The third-order valence-corrected chi connectivity index (χ3v) is 4.52. The maximum atomic E-state index is 13.1. The van der Waals surface area contributed by atoms with Crippen molar-refractivity contribution >= 4 is 18.3 Å². The van der Waals surface area contributed by atoms with Crippen LogP contribution in [0.5, 0.6) is 0 Å². The molecular weight excluding hydrogens is 448 g/mol. The molecule has 3 amide bonds. The number of hydrogen-bond donors (Lipinski definition) is 1. The summed E-state index contributed by atoms with van der Waals surface area (Å²) in [6.45, 7) is 15.7. The van der Waals surface area contributed by atoms with Gasteiger partial charge < -0.3 is 19.5 Å². The zero-order chi connectivity index (χ0) is 26.9. The molecule has 0 aromatic heterocycles. The number of unbranched alkanes of at least 4 members (excludes halogenated alkanes) is 1. The fraction of sp³-hybridized carbons (Fsp3) is 0.667. The van der Waals surface area contributed by atoms with Gasteiger partial charge in [0.05, 0.1) is 6.04 Å². The summed E-state index contributed by atoms with van der Waals surface area (Å²) in [4.78, 5) is 39.5. The van der Waals surface area contributed by atoms with E-state index in [1.807, 2.05) is 18.2 Å². The topological polar surface area (TPSA) is 94.2 Å². The highest BCUT2D eigenvalue weighted by atomic mass is 16.6. The highest BCUT2D eigenvalue weighted by molar-refractivity contribution is 5.88. The molecule has 35 heavy (non-hydrogen) atoms. The Morgan fingerprint density at radius 3 is 1.71 bits per heavy atom. The minimum absolute atomic E-state index is 0.0126. The van der Waals surface area contributed by atoms with E-state index in [9.17, 15) is 14.4 Å². The predicted molar refractivity (Wildman–Crippen MR) is 136 cm³/mol. The minimum Gasteiger partial charge on any atom is -0.444 e. The Kier molecular flexibility index (Phi) is 11.1. The van der Waals surface area contributed by atoms with Gasteiger partial charge in [0.15, 0.2) is 0 Å². The van der Waals surface area contributed by atoms with Crippen LogP contribution in [-0.2, 0) is 20.6 Å². The zero-order valence-electron chi connectivity index (χ0n) is 22.9. The zero-order valence-corrected chi connectivity index (χ0v) is 22.9. The molecular formula is C27H44N2O6. The van der Waals surface area contributed by atoms with Gasteiger partial charge in [-0.05, 0) is 87.1 Å². The maximum Gasteiger partial charge on any atom is 0.420 e. The van der Waals surface area contributed by atoms with E-state index in [0.29, 0.717) is 6.42 Å². The van der Waals surface area contributed by atoms with Crippen molar-refractivity contribution in [2.45, 2.75) is 111 Å². The summed E-state index contributed by atoms with van der Waals surface area (Å²) in [5.41, 5.74) is -1.08. The van der Waals surface area contributed by atoms with Gasteiger partial charge in [0.2, 0.25) is 0 Å². The summed E-state index contributed by atoms with van der Waals surface area (Å²) in [5.74, 6) is 0. The van der Waals surface area contributed by atoms with Crippen LogP contribution < -0.4 is 5.32 Å². The second-order valence-corrected chi connectivity index (χ2v) is 11.6. The average Bonchev–Trinajstić information content (AvgIpc) is 2.65. The van der Waals surface area contributed by atoms with Crippen molar-refractivity contribution in [3.63, 3.8) is 0 Å². The Balaban J connectivity index is 3.07. The SMILES string of the molecule is CC(C)(C)OC(=O)NC[C@H](CCCCc1ccccc1)N(C(=O)OC(C)(C)C)C(=O)OC(C)(C)C. The number of nitrogens with one attached hydrogen (secondary N) is 1. The quantitative estimate of drug-likeness (QED) is 0.330. The van der Waals surface area contributed by atoms with Gasteiger partial charge in [0.25, 0.3) is 0 Å². The molecule has 0 bridgehead atoms. The van der Waals surface area contributed by atoms with Gasteiger partial charge in [-0.25, -0.2) is 19.3 Å². The van der Waals surface area contributed by atoms with Crippen molar-refractivity contribution in [2.75, 3.05) is 6.54 Å². The maximum absolute atomic E-state index is 13.1. The lowest BCUT2D eigenvalue weighted by Crippen LogP contribution is -2.53. The van der Waals surface area contributed by atoms with Crippen LogP contribution >= 0.6 is 0 Å². The second kappa shape index (κ2) is 12.8. The van der Waals surface area contributed by atoms with Gasteiger partial charge in [0.1, 0.15) is 16.8 Å². The van der Waals surface area contributed by atoms with Gasteiger partial charge in [0, 0.05) is 6.54 Å². The standard InChI is InChI=1S/C27H44N2O6/c1-25(2,3)33-22(30)28-19-21(18-14-13-17-20-15-11-10-12-16-20)29(23(31)34-26(4,5)6)24(32)35-27(7,8)9/h10-12,15-16,21H,13-14,17-19H2,1-9H3,(H,28,30)/t21-/m0/s1. The number of imide groups is 1. The molecule has 1 aromatic carbocycles. The molecule has 0 aliphatic heterocycles. The van der Waals surface area contributed by atoms with Crippen LogP contribution in [0.15, 0.2) is 30.3 Å². The molecule has 0 fully saturated rings. The number of nitrogens with zero attached hydrogens (tertiary/aromatic N) is 1. The molecule has 0 spiro atoms. The highest BCUT2D eigenvalue weighted by Gasteiger charge is 2.37. The first-order chi connectivity index (χ1) is 16.0. The number of carbonyl (C=O) groups excluding carboxylic acids is 3. The highest BCUT2D eigenvalue weighted by Crippen LogP contribution is 2.20. The lowest BCUT2D eigenvalue weighted by molar-refractivity contribution is -0.00905. The molecule has 1 rings (SSSR count). The smallest absolute Gasteiger partial charge is 0.420 e. The first kappa shape index (κ1) is 30.3. The third-order valence-electron chi connectivity index (χ3n) is 4.52. The van der Waals surface area contributed by atoms with Crippen LogP contribution in [0.4, 0.5) is 14.4 Å². The molecule has 0 heterocycles. The molecule has 0 aliphatic rings. The van der Waals surface area contributed by atoms with E-state index >= 15 is 0 Å². The van der Waals surface area contributed by atoms with Gasteiger partial charge >= 0.3 is 18.3 Å². The molecule has 198 valence electrons. The normalized spacial score (nSPS) is 12.9. The van der Waals surface area contributed by atoms with E-state index < -0.39 is 41.1 Å². The van der Waals surface area contributed by atoms with E-state index in [1.54, 1.807) is 62.3 Å². The summed E-state index contributed by atoms with van der Waals surface area (Å²) in [6.07, 6.45) is 0.644. The summed E-state index contributed by atoms with van der Waals surface area (Å²) >= 11 is 0. The number of carbonyl (C=O) groups is 3. The molecule has 0 unspecified atom stereocenters. The summed E-state index contributed by atoms with van der Waals surface area (Å²) in [6, 6.07) is 9.42. The predicted octanol–water partition coefficient (Wildman–Crippen LogP) is 6.46. The van der Waals surface area contributed by atoms with Crippen molar-refractivity contribution < 1.29 is 28.6 Å². The van der Waals surface area contributed by atoms with Crippen LogP contribution in [0.25, 0.3) is 0 Å². The van der Waals surface area contributed by atoms with Gasteiger partial charge in [-0.2, -0.15) is 0 Å². The second-order valence-electron chi connectivity index (χ2n) is 11.6. The molecule has 1 atom stereocenters. The van der Waals surface area contributed by atoms with Gasteiger partial charge in [-0.15, -0.1) is 0 Å². The van der Waals surface area contributed by atoms with E-state index in [0.717, 1.165) is 24.2 Å². The van der Waals surface area contributed by atoms with E-state index in [2.05, 4.69) is 17.4 Å². The third kappa shape index (κ3) is 13.6. The van der Waals surface area contributed by atoms with Crippen LogP contribution in [0.1, 0.15) is 87.1 Å². The first-order valence-electron chi connectivity index (χ1n) is 12.2. The van der Waals surface area contributed by atoms with E-state index in [1.165, 1.54) is 5.56 Å². The number of aryl methyl sites for hydroxylation is 1. The summed E-state index contributed by atoms with van der Waals surface area (Å²) in [5, 5.41) is 2.70. The molecule has 8 nitrogen and oxygen atoms in total. The fourth-order valence-electron chi connectivity index (χ4n) is 3.19. The van der Waals surface area contributed by atoms with E-state index in [4.69, 9.17) is 14.2 Å². The lowest BCUT2D eigenvalue weighted by Gasteiger charge is -2.33. The van der Waals surface area contributed by atoms with Crippen molar-refractivity contribution in [3.05, 3.63) is 35.9 Å². The van der Waals surface area contributed by atoms with Crippen molar-refractivity contribution in [2.24, 2.45) is 0 Å². The largest absolute Gasteiger partial charge is 0.444 e. The van der Waals surface area contributed by atoms with Crippen molar-refractivity contribution in [1.29, 1.82) is 0 Å². The Labute approximate surface area is 210 Å². The Morgan fingerprint density at radius 1 is 0.771 bits per heavy atom. The van der Waals surface area contributed by atoms with Gasteiger partial charge in [-0.1, -0.05) is 36.8 Å². The summed E-state index contributed by atoms with van der Waals surface area (Å²) in [7, 11) is 0. The first-order valence-corrected chi connectivity index (χ1v) is 12.2. The summed E-state index contributed by atoms with van der Waals surface area (Å²) < 4.78 is 16.4. The number of benzene rings is 1. The van der Waals surface area contributed by atoms with Crippen LogP contribution in [-0.4, -0.2) is 52.6 Å². The Bertz CT molecular complexity index is 791. The lowest BCUT2D eigenvalue weighted by atomic mass is 10.0. The van der Waals surface area contributed by atoms with Crippen molar-refractivity contribution in [1.82, 2.24) is 10.2 Å². The fourth-order valence-corrected chi connectivity index (χ4v) is 3.19.